The Kier molecular flexibility index (Phi) is 4.01. The molecular weight excluding hydrogens is 312 g/mol. The van der Waals surface area contributed by atoms with Crippen molar-refractivity contribution in [1.82, 2.24) is 0 Å². The summed E-state index contributed by atoms with van der Waals surface area (Å²) in [7, 11) is 0. The maximum absolute atomic E-state index is 9.32. The Hall–Kier alpha value is -1.32. The molecule has 3 saturated carbocycles. The summed E-state index contributed by atoms with van der Waals surface area (Å²) in [6.07, 6.45) is 11.6. The van der Waals surface area contributed by atoms with E-state index < -0.39 is 0 Å². The number of fused-ring (bicyclic) bond motifs is 5. The minimum absolute atomic E-state index is 0.288. The molecule has 4 heteroatoms. The van der Waals surface area contributed by atoms with Gasteiger partial charge in [0.25, 0.3) is 0 Å². The van der Waals surface area contributed by atoms with Crippen LogP contribution in [-0.2, 0) is 0 Å². The molecule has 3 fully saturated rings. The number of rotatable bonds is 1. The topological polar surface area (TPSA) is 65.2 Å². The molecule has 0 aromatic rings. The summed E-state index contributed by atoms with van der Waals surface area (Å²) in [4.78, 5) is 0. The molecule has 4 nitrogen and oxygen atoms in total. The third-order valence-electron chi connectivity index (χ3n) is 8.77. The molecule has 138 valence electrons. The van der Waals surface area contributed by atoms with Crippen molar-refractivity contribution in [2.75, 3.05) is 0 Å². The Labute approximate surface area is 151 Å². The van der Waals surface area contributed by atoms with Crippen molar-refractivity contribution in [3.05, 3.63) is 11.6 Å². The van der Waals surface area contributed by atoms with Gasteiger partial charge >= 0.3 is 0 Å². The normalized spacial score (nSPS) is 48.5. The molecule has 0 amide bonds. The number of oxime groups is 2. The number of nitrogens with zero attached hydrogens (tertiary/aromatic N) is 2. The molecule has 0 aromatic carbocycles. The van der Waals surface area contributed by atoms with Crippen LogP contribution in [0.3, 0.4) is 0 Å². The van der Waals surface area contributed by atoms with Crippen molar-refractivity contribution in [2.45, 2.75) is 72.1 Å². The summed E-state index contributed by atoms with van der Waals surface area (Å²) in [6.45, 7) is 6.94. The van der Waals surface area contributed by atoms with Gasteiger partial charge in [-0.15, -0.1) is 0 Å². The molecule has 0 unspecified atom stereocenters. The van der Waals surface area contributed by atoms with Crippen LogP contribution in [0.4, 0.5) is 0 Å². The van der Waals surface area contributed by atoms with Gasteiger partial charge in [0.2, 0.25) is 0 Å². The summed E-state index contributed by atoms with van der Waals surface area (Å²) in [5, 5.41) is 25.6. The van der Waals surface area contributed by atoms with E-state index in [9.17, 15) is 10.4 Å². The van der Waals surface area contributed by atoms with E-state index in [0.29, 0.717) is 11.3 Å². The zero-order chi connectivity index (χ0) is 17.8. The van der Waals surface area contributed by atoms with Crippen molar-refractivity contribution in [3.8, 4) is 0 Å². The van der Waals surface area contributed by atoms with Crippen molar-refractivity contribution in [2.24, 2.45) is 44.8 Å². The van der Waals surface area contributed by atoms with Gasteiger partial charge in [0.05, 0.1) is 11.4 Å². The lowest BCUT2D eigenvalue weighted by molar-refractivity contribution is -0.0410. The van der Waals surface area contributed by atoms with E-state index in [1.54, 1.807) is 0 Å². The number of allylic oxidation sites excluding steroid dienone is 2. The second kappa shape index (κ2) is 5.85. The van der Waals surface area contributed by atoms with Gasteiger partial charge < -0.3 is 10.4 Å². The lowest BCUT2D eigenvalue weighted by Gasteiger charge is -2.58. The first-order chi connectivity index (χ1) is 11.9. The van der Waals surface area contributed by atoms with E-state index in [1.807, 2.05) is 6.92 Å². The smallest absolute Gasteiger partial charge is 0.0795 e. The van der Waals surface area contributed by atoms with Crippen LogP contribution >= 0.6 is 0 Å². The second-order valence-corrected chi connectivity index (χ2v) is 9.51. The minimum Gasteiger partial charge on any atom is -0.411 e. The highest BCUT2D eigenvalue weighted by atomic mass is 16.4. The first kappa shape index (κ1) is 17.1. The Balaban J connectivity index is 1.65. The maximum atomic E-state index is 9.32. The molecule has 6 atom stereocenters. The average molecular weight is 344 g/mol. The van der Waals surface area contributed by atoms with Gasteiger partial charge in [-0.3, -0.25) is 0 Å². The second-order valence-electron chi connectivity index (χ2n) is 9.51. The van der Waals surface area contributed by atoms with Gasteiger partial charge in [0, 0.05) is 5.92 Å². The van der Waals surface area contributed by atoms with E-state index in [1.165, 1.54) is 37.7 Å². The largest absolute Gasteiger partial charge is 0.411 e. The van der Waals surface area contributed by atoms with E-state index in [2.05, 4.69) is 30.2 Å². The fourth-order valence-electron chi connectivity index (χ4n) is 7.41. The van der Waals surface area contributed by atoms with Crippen LogP contribution in [0, 0.1) is 34.5 Å². The van der Waals surface area contributed by atoms with Crippen LogP contribution in [0.2, 0.25) is 0 Å². The van der Waals surface area contributed by atoms with E-state index in [-0.39, 0.29) is 5.41 Å². The Morgan fingerprint density at radius 2 is 1.84 bits per heavy atom. The molecule has 0 heterocycles. The Morgan fingerprint density at radius 3 is 2.56 bits per heavy atom. The van der Waals surface area contributed by atoms with Crippen LogP contribution < -0.4 is 0 Å². The fraction of sp³-hybridized carbons (Fsp3) is 0.810. The maximum Gasteiger partial charge on any atom is 0.0795 e. The molecule has 2 N–H and O–H groups in total. The molecule has 25 heavy (non-hydrogen) atoms. The van der Waals surface area contributed by atoms with Crippen molar-refractivity contribution in [3.63, 3.8) is 0 Å². The molecule has 0 aromatic heterocycles. The van der Waals surface area contributed by atoms with E-state index >= 15 is 0 Å². The number of hydrogen-bond acceptors (Lipinski definition) is 4. The molecule has 0 bridgehead atoms. The lowest BCUT2D eigenvalue weighted by atomic mass is 9.46. The molecule has 4 aliphatic rings. The van der Waals surface area contributed by atoms with Crippen LogP contribution in [0.25, 0.3) is 0 Å². The SMILES string of the molecule is CC(=NO)[C@@H]1CC[C@@H]2[C@H]3CCC4=C/C(=N\O)CC[C@]4(C)[C@@H]3CC[C@@]21C. The molecule has 0 spiro atoms. The van der Waals surface area contributed by atoms with Gasteiger partial charge in [-0.05, 0) is 93.0 Å². The van der Waals surface area contributed by atoms with Gasteiger partial charge in [-0.1, -0.05) is 29.7 Å². The number of hydrogen-bond donors (Lipinski definition) is 2. The van der Waals surface area contributed by atoms with Crippen LogP contribution in [0.15, 0.2) is 22.0 Å². The highest BCUT2D eigenvalue weighted by Crippen LogP contribution is 2.66. The van der Waals surface area contributed by atoms with Gasteiger partial charge in [-0.25, -0.2) is 0 Å². The molecule has 0 radical (unpaired) electrons. The van der Waals surface area contributed by atoms with Gasteiger partial charge in [0.1, 0.15) is 0 Å². The predicted molar refractivity (Wildman–Crippen MR) is 99.3 cm³/mol. The molecule has 4 aliphatic carbocycles. The minimum atomic E-state index is 0.288. The van der Waals surface area contributed by atoms with Gasteiger partial charge in [0.15, 0.2) is 0 Å². The summed E-state index contributed by atoms with van der Waals surface area (Å²) in [5.41, 5.74) is 3.92. The Bertz CT molecular complexity index is 652. The van der Waals surface area contributed by atoms with Crippen LogP contribution in [-0.4, -0.2) is 21.8 Å². The average Bonchev–Trinajstić information content (AvgIpc) is 2.97. The lowest BCUT2D eigenvalue weighted by Crippen LogP contribution is -2.51. The zero-order valence-electron chi connectivity index (χ0n) is 15.8. The van der Waals surface area contributed by atoms with Crippen LogP contribution in [0.5, 0.6) is 0 Å². The standard InChI is InChI=1S/C21H32N2O2/c1-13(22-24)17-6-7-18-16-5-4-14-12-15(23-25)8-10-20(14,2)19(16)9-11-21(17,18)3/h12,16-19,24-25H,4-11H2,1-3H3/b22-13?,23-15-/t16-,17+,18-,19-,20+,21-/m1/s1. The molecular formula is C21H32N2O2. The summed E-state index contributed by atoms with van der Waals surface area (Å²) < 4.78 is 0. The monoisotopic (exact) mass is 344 g/mol. The molecule has 0 saturated heterocycles. The third kappa shape index (κ3) is 2.32. The quantitative estimate of drug-likeness (QED) is 0.388. The first-order valence-electron chi connectivity index (χ1n) is 10.0. The Morgan fingerprint density at radius 1 is 1.04 bits per heavy atom. The van der Waals surface area contributed by atoms with Crippen molar-refractivity contribution < 1.29 is 10.4 Å². The molecule has 0 aliphatic heterocycles. The van der Waals surface area contributed by atoms with Crippen molar-refractivity contribution >= 4 is 11.4 Å². The summed E-state index contributed by atoms with van der Waals surface area (Å²) in [6, 6.07) is 0. The molecule has 4 rings (SSSR count). The third-order valence-corrected chi connectivity index (χ3v) is 8.77. The highest BCUT2D eigenvalue weighted by Gasteiger charge is 2.59. The summed E-state index contributed by atoms with van der Waals surface area (Å²) >= 11 is 0. The van der Waals surface area contributed by atoms with E-state index in [4.69, 9.17) is 0 Å². The van der Waals surface area contributed by atoms with Crippen molar-refractivity contribution in [1.29, 1.82) is 0 Å². The highest BCUT2D eigenvalue weighted by molar-refractivity contribution is 5.96. The summed E-state index contributed by atoms with van der Waals surface area (Å²) in [5.74, 6) is 2.77. The first-order valence-corrected chi connectivity index (χ1v) is 10.0. The van der Waals surface area contributed by atoms with E-state index in [0.717, 1.165) is 48.4 Å². The predicted octanol–water partition coefficient (Wildman–Crippen LogP) is 5.25. The zero-order valence-corrected chi connectivity index (χ0v) is 15.8. The fourth-order valence-corrected chi connectivity index (χ4v) is 7.41. The van der Waals surface area contributed by atoms with Crippen LogP contribution in [0.1, 0.15) is 72.1 Å². The van der Waals surface area contributed by atoms with Gasteiger partial charge in [-0.2, -0.15) is 0 Å².